The largest absolute Gasteiger partial charge is 0.389 e. The van der Waals surface area contributed by atoms with Crippen molar-refractivity contribution in [1.29, 1.82) is 0 Å². The van der Waals surface area contributed by atoms with Crippen molar-refractivity contribution in [2.75, 3.05) is 6.54 Å². The minimum absolute atomic E-state index is 0.177. The van der Waals surface area contributed by atoms with Gasteiger partial charge in [-0.25, -0.2) is 0 Å². The lowest BCUT2D eigenvalue weighted by Gasteiger charge is -2.37. The molecule has 0 radical (unpaired) electrons. The summed E-state index contributed by atoms with van der Waals surface area (Å²) in [5.74, 6) is 0.245. The van der Waals surface area contributed by atoms with Crippen molar-refractivity contribution in [3.05, 3.63) is 0 Å². The van der Waals surface area contributed by atoms with Crippen LogP contribution in [0, 0.1) is 11.3 Å². The second kappa shape index (κ2) is 5.38. The summed E-state index contributed by atoms with van der Waals surface area (Å²) in [4.78, 5) is 11.9. The summed E-state index contributed by atoms with van der Waals surface area (Å²) in [5.41, 5.74) is 4.94. The first kappa shape index (κ1) is 14.5. The van der Waals surface area contributed by atoms with Crippen molar-refractivity contribution in [2.24, 2.45) is 17.1 Å². The average Bonchev–Trinajstić information content (AvgIpc) is 2.26. The summed E-state index contributed by atoms with van der Waals surface area (Å²) < 4.78 is 36.3. The van der Waals surface area contributed by atoms with Gasteiger partial charge >= 0.3 is 6.18 Å². The first-order valence-corrected chi connectivity index (χ1v) is 6.09. The Morgan fingerprint density at radius 3 is 2.29 bits per heavy atom. The molecule has 0 unspecified atom stereocenters. The molecule has 5 heteroatoms. The second-order valence-electron chi connectivity index (χ2n) is 5.21. The topological polar surface area (TPSA) is 43.1 Å². The second-order valence-corrected chi connectivity index (χ2v) is 5.21. The van der Waals surface area contributed by atoms with Gasteiger partial charge in [-0.2, -0.15) is 13.2 Å². The predicted octanol–water partition coefficient (Wildman–Crippen LogP) is 3.05. The Morgan fingerprint density at radius 2 is 1.88 bits per heavy atom. The fraction of sp³-hybridized carbons (Fsp3) is 0.917. The van der Waals surface area contributed by atoms with Crippen LogP contribution in [0.1, 0.15) is 45.4 Å². The highest BCUT2D eigenvalue weighted by atomic mass is 19.4. The highest BCUT2D eigenvalue weighted by molar-refractivity contribution is 5.85. The molecule has 0 aromatic carbocycles. The van der Waals surface area contributed by atoms with E-state index in [4.69, 9.17) is 5.73 Å². The number of Topliss-reactive ketones (excluding diaryl/α,β-unsaturated/α-hetero) is 1. The molecule has 1 aliphatic carbocycles. The van der Waals surface area contributed by atoms with Crippen LogP contribution in [0.3, 0.4) is 0 Å². The Balaban J connectivity index is 2.58. The molecule has 1 aliphatic rings. The molecule has 1 saturated carbocycles. The maximum absolute atomic E-state index is 12.1. The van der Waals surface area contributed by atoms with Gasteiger partial charge in [0.05, 0.1) is 6.42 Å². The van der Waals surface area contributed by atoms with E-state index in [1.54, 1.807) is 0 Å². The van der Waals surface area contributed by atoms with Crippen LogP contribution < -0.4 is 5.73 Å². The van der Waals surface area contributed by atoms with Gasteiger partial charge in [-0.3, -0.25) is 4.79 Å². The SMILES string of the molecule is CC1CCC(CN)(C(=O)CCC(F)(F)F)CC1. The van der Waals surface area contributed by atoms with Gasteiger partial charge in [-0.15, -0.1) is 0 Å². The van der Waals surface area contributed by atoms with E-state index in [9.17, 15) is 18.0 Å². The molecule has 0 spiro atoms. The van der Waals surface area contributed by atoms with Gasteiger partial charge in [0.15, 0.2) is 0 Å². The summed E-state index contributed by atoms with van der Waals surface area (Å²) in [6.45, 7) is 2.27. The number of ketones is 1. The number of hydrogen-bond acceptors (Lipinski definition) is 2. The normalized spacial score (nSPS) is 30.3. The Kier molecular flexibility index (Phi) is 4.58. The van der Waals surface area contributed by atoms with Crippen LogP contribution in [-0.4, -0.2) is 18.5 Å². The van der Waals surface area contributed by atoms with Crippen LogP contribution >= 0.6 is 0 Å². The molecular weight excluding hydrogens is 231 g/mol. The van der Waals surface area contributed by atoms with E-state index in [0.717, 1.165) is 12.8 Å². The van der Waals surface area contributed by atoms with E-state index in [-0.39, 0.29) is 12.3 Å². The molecule has 0 aliphatic heterocycles. The van der Waals surface area contributed by atoms with Crippen molar-refractivity contribution >= 4 is 5.78 Å². The van der Waals surface area contributed by atoms with Gasteiger partial charge in [0.2, 0.25) is 0 Å². The number of rotatable bonds is 4. The van der Waals surface area contributed by atoms with Crippen LogP contribution in [0.15, 0.2) is 0 Å². The van der Waals surface area contributed by atoms with E-state index in [0.29, 0.717) is 18.8 Å². The van der Waals surface area contributed by atoms with E-state index in [1.807, 2.05) is 0 Å². The third-order valence-corrected chi connectivity index (χ3v) is 3.85. The maximum Gasteiger partial charge on any atom is 0.389 e. The molecular formula is C12H20F3NO. The Hall–Kier alpha value is -0.580. The Morgan fingerprint density at radius 1 is 1.35 bits per heavy atom. The number of carbonyl (C=O) groups is 1. The van der Waals surface area contributed by atoms with Gasteiger partial charge < -0.3 is 5.73 Å². The monoisotopic (exact) mass is 251 g/mol. The fourth-order valence-corrected chi connectivity index (χ4v) is 2.43. The molecule has 100 valence electrons. The molecule has 0 amide bonds. The molecule has 2 nitrogen and oxygen atoms in total. The minimum Gasteiger partial charge on any atom is -0.329 e. The third-order valence-electron chi connectivity index (χ3n) is 3.85. The molecule has 17 heavy (non-hydrogen) atoms. The fourth-order valence-electron chi connectivity index (χ4n) is 2.43. The molecule has 2 N–H and O–H groups in total. The van der Waals surface area contributed by atoms with Crippen molar-refractivity contribution in [3.8, 4) is 0 Å². The quantitative estimate of drug-likeness (QED) is 0.834. The average molecular weight is 251 g/mol. The summed E-state index contributed by atoms with van der Waals surface area (Å²) in [5, 5.41) is 0. The van der Waals surface area contributed by atoms with Crippen LogP contribution in [0.5, 0.6) is 0 Å². The molecule has 1 fully saturated rings. The van der Waals surface area contributed by atoms with E-state index in [1.165, 1.54) is 0 Å². The zero-order valence-corrected chi connectivity index (χ0v) is 10.1. The summed E-state index contributed by atoms with van der Waals surface area (Å²) in [6.07, 6.45) is -2.65. The number of hydrogen-bond donors (Lipinski definition) is 1. The molecule has 1 rings (SSSR count). The Labute approximate surface area is 99.7 Å². The number of alkyl halides is 3. The maximum atomic E-state index is 12.1. The minimum atomic E-state index is -4.26. The number of carbonyl (C=O) groups excluding carboxylic acids is 1. The molecule has 0 aromatic rings. The zero-order chi connectivity index (χ0) is 13.1. The number of nitrogens with two attached hydrogens (primary N) is 1. The van der Waals surface area contributed by atoms with Gasteiger partial charge in [-0.1, -0.05) is 6.92 Å². The lowest BCUT2D eigenvalue weighted by Crippen LogP contribution is -2.42. The number of halogens is 3. The van der Waals surface area contributed by atoms with Crippen molar-refractivity contribution in [2.45, 2.75) is 51.6 Å². The first-order chi connectivity index (χ1) is 7.79. The third kappa shape index (κ3) is 3.98. The van der Waals surface area contributed by atoms with E-state index >= 15 is 0 Å². The molecule has 0 heterocycles. The van der Waals surface area contributed by atoms with Crippen molar-refractivity contribution in [1.82, 2.24) is 0 Å². The van der Waals surface area contributed by atoms with E-state index in [2.05, 4.69) is 6.92 Å². The summed E-state index contributed by atoms with van der Waals surface area (Å²) >= 11 is 0. The zero-order valence-electron chi connectivity index (χ0n) is 10.1. The van der Waals surface area contributed by atoms with Gasteiger partial charge in [-0.05, 0) is 31.6 Å². The predicted molar refractivity (Wildman–Crippen MR) is 59.4 cm³/mol. The molecule has 0 atom stereocenters. The van der Waals surface area contributed by atoms with Crippen LogP contribution in [0.2, 0.25) is 0 Å². The smallest absolute Gasteiger partial charge is 0.329 e. The summed E-state index contributed by atoms with van der Waals surface area (Å²) in [6, 6.07) is 0. The standard InChI is InChI=1S/C12H20F3NO/c1-9-2-5-11(8-16,6-3-9)10(17)4-7-12(13,14)15/h9H,2-8,16H2,1H3. The molecule has 0 saturated heterocycles. The molecule has 0 aromatic heterocycles. The lowest BCUT2D eigenvalue weighted by atomic mass is 9.67. The van der Waals surface area contributed by atoms with Gasteiger partial charge in [0.25, 0.3) is 0 Å². The van der Waals surface area contributed by atoms with Gasteiger partial charge in [0, 0.05) is 18.4 Å². The molecule has 0 bridgehead atoms. The first-order valence-electron chi connectivity index (χ1n) is 6.09. The highest BCUT2D eigenvalue weighted by Gasteiger charge is 2.40. The Bertz CT molecular complexity index is 267. The van der Waals surface area contributed by atoms with Crippen molar-refractivity contribution in [3.63, 3.8) is 0 Å². The highest BCUT2D eigenvalue weighted by Crippen LogP contribution is 2.40. The summed E-state index contributed by atoms with van der Waals surface area (Å²) in [7, 11) is 0. The van der Waals surface area contributed by atoms with Crippen LogP contribution in [-0.2, 0) is 4.79 Å². The van der Waals surface area contributed by atoms with Crippen LogP contribution in [0.4, 0.5) is 13.2 Å². The van der Waals surface area contributed by atoms with E-state index < -0.39 is 24.4 Å². The van der Waals surface area contributed by atoms with Crippen LogP contribution in [0.25, 0.3) is 0 Å². The van der Waals surface area contributed by atoms with Gasteiger partial charge in [0.1, 0.15) is 5.78 Å². The van der Waals surface area contributed by atoms with Crippen molar-refractivity contribution < 1.29 is 18.0 Å². The lowest BCUT2D eigenvalue weighted by molar-refractivity contribution is -0.148.